The quantitative estimate of drug-likeness (QED) is 0.714. The number of anilines is 3. The first-order valence-electron chi connectivity index (χ1n) is 7.70. The van der Waals surface area contributed by atoms with Crippen molar-refractivity contribution in [3.05, 3.63) is 78.0 Å². The van der Waals surface area contributed by atoms with Crippen LogP contribution in [0.5, 0.6) is 5.75 Å². The molecule has 0 aliphatic rings. The minimum absolute atomic E-state index is 0.211. The Balaban J connectivity index is 1.74. The predicted molar refractivity (Wildman–Crippen MR) is 94.8 cm³/mol. The number of aromatic nitrogens is 1. The van der Waals surface area contributed by atoms with Gasteiger partial charge in [-0.3, -0.25) is 4.79 Å². The molecule has 7 heteroatoms. The van der Waals surface area contributed by atoms with Gasteiger partial charge < -0.3 is 15.4 Å². The number of para-hydroxylation sites is 3. The van der Waals surface area contributed by atoms with E-state index in [2.05, 4.69) is 15.6 Å². The van der Waals surface area contributed by atoms with Gasteiger partial charge in [0.05, 0.1) is 18.4 Å². The van der Waals surface area contributed by atoms with E-state index >= 15 is 0 Å². The smallest absolute Gasteiger partial charge is 0.257 e. The van der Waals surface area contributed by atoms with E-state index in [1.165, 1.54) is 31.5 Å². The van der Waals surface area contributed by atoms with Crippen LogP contribution in [-0.4, -0.2) is 18.0 Å². The fourth-order valence-electron chi connectivity index (χ4n) is 2.29. The number of halogens is 2. The number of hydrogen-bond donors (Lipinski definition) is 2. The molecule has 0 saturated carbocycles. The van der Waals surface area contributed by atoms with Gasteiger partial charge in [-0.1, -0.05) is 18.2 Å². The zero-order valence-corrected chi connectivity index (χ0v) is 13.8. The van der Waals surface area contributed by atoms with Crippen LogP contribution in [-0.2, 0) is 0 Å². The van der Waals surface area contributed by atoms with Crippen molar-refractivity contribution in [2.24, 2.45) is 0 Å². The summed E-state index contributed by atoms with van der Waals surface area (Å²) in [6, 6.07) is 13.5. The normalized spacial score (nSPS) is 10.3. The van der Waals surface area contributed by atoms with Gasteiger partial charge in [0, 0.05) is 6.20 Å². The lowest BCUT2D eigenvalue weighted by atomic mass is 10.2. The summed E-state index contributed by atoms with van der Waals surface area (Å²) < 4.78 is 32.5. The minimum Gasteiger partial charge on any atom is -0.495 e. The molecule has 2 aromatic carbocycles. The second-order valence-electron chi connectivity index (χ2n) is 5.31. The van der Waals surface area contributed by atoms with E-state index < -0.39 is 11.6 Å². The molecule has 0 unspecified atom stereocenters. The third-order valence-electron chi connectivity index (χ3n) is 3.60. The molecule has 0 fully saturated rings. The first kappa shape index (κ1) is 17.3. The van der Waals surface area contributed by atoms with Crippen molar-refractivity contribution >= 4 is 23.1 Å². The molecule has 0 aliphatic heterocycles. The summed E-state index contributed by atoms with van der Waals surface area (Å²) in [7, 11) is 1.51. The lowest BCUT2D eigenvalue weighted by Gasteiger charge is -2.10. The molecule has 3 aromatic rings. The maximum atomic E-state index is 13.7. The Morgan fingerprint density at radius 1 is 1.00 bits per heavy atom. The molecule has 0 radical (unpaired) electrons. The average molecular weight is 355 g/mol. The van der Waals surface area contributed by atoms with E-state index in [0.717, 1.165) is 12.1 Å². The van der Waals surface area contributed by atoms with Gasteiger partial charge >= 0.3 is 0 Å². The van der Waals surface area contributed by atoms with Crippen LogP contribution in [0.15, 0.2) is 60.8 Å². The maximum Gasteiger partial charge on any atom is 0.257 e. The van der Waals surface area contributed by atoms with Crippen LogP contribution in [0.25, 0.3) is 0 Å². The number of carbonyl (C=O) groups is 1. The van der Waals surface area contributed by atoms with Gasteiger partial charge in [0.2, 0.25) is 0 Å². The van der Waals surface area contributed by atoms with E-state index in [1.807, 2.05) is 0 Å². The Morgan fingerprint density at radius 3 is 2.38 bits per heavy atom. The zero-order chi connectivity index (χ0) is 18.5. The maximum absolute atomic E-state index is 13.7. The van der Waals surface area contributed by atoms with Crippen LogP contribution in [0.4, 0.5) is 26.0 Å². The Kier molecular flexibility index (Phi) is 5.07. The van der Waals surface area contributed by atoms with Gasteiger partial charge in [0.1, 0.15) is 28.9 Å². The first-order chi connectivity index (χ1) is 12.6. The number of methoxy groups -OCH3 is 1. The second kappa shape index (κ2) is 7.60. The van der Waals surface area contributed by atoms with E-state index in [9.17, 15) is 13.6 Å². The average Bonchev–Trinajstić information content (AvgIpc) is 2.66. The summed E-state index contributed by atoms with van der Waals surface area (Å²) in [5, 5.41) is 5.28. The molecule has 0 saturated heterocycles. The number of benzene rings is 2. The SMILES string of the molecule is COc1ccccc1NC(=O)c1ccc(Nc2c(F)cccc2F)nc1. The van der Waals surface area contributed by atoms with E-state index in [1.54, 1.807) is 24.3 Å². The summed E-state index contributed by atoms with van der Waals surface area (Å²) in [5.41, 5.74) is 0.511. The number of ether oxygens (including phenoxy) is 1. The van der Waals surface area contributed by atoms with E-state index in [-0.39, 0.29) is 23.0 Å². The number of nitrogens with one attached hydrogen (secondary N) is 2. The van der Waals surface area contributed by atoms with Crippen molar-refractivity contribution in [1.82, 2.24) is 4.98 Å². The molecule has 2 N–H and O–H groups in total. The standard InChI is InChI=1S/C19H15F2N3O2/c1-26-16-8-3-2-7-15(16)23-19(25)12-9-10-17(22-11-12)24-18-13(20)5-4-6-14(18)21/h2-11H,1H3,(H,22,24)(H,23,25). The fourth-order valence-corrected chi connectivity index (χ4v) is 2.29. The van der Waals surface area contributed by atoms with Crippen molar-refractivity contribution in [3.8, 4) is 5.75 Å². The van der Waals surface area contributed by atoms with Crippen molar-refractivity contribution in [2.45, 2.75) is 0 Å². The third-order valence-corrected chi connectivity index (χ3v) is 3.60. The lowest BCUT2D eigenvalue weighted by Crippen LogP contribution is -2.13. The van der Waals surface area contributed by atoms with Crippen LogP contribution in [0, 0.1) is 11.6 Å². The molecular weight excluding hydrogens is 340 g/mol. The highest BCUT2D eigenvalue weighted by Crippen LogP contribution is 2.24. The lowest BCUT2D eigenvalue weighted by molar-refractivity contribution is 0.102. The summed E-state index contributed by atoms with van der Waals surface area (Å²) in [6.45, 7) is 0. The topological polar surface area (TPSA) is 63.2 Å². The molecule has 0 atom stereocenters. The summed E-state index contributed by atoms with van der Waals surface area (Å²) in [6.07, 6.45) is 1.31. The number of pyridine rings is 1. The number of amides is 1. The summed E-state index contributed by atoms with van der Waals surface area (Å²) >= 11 is 0. The van der Waals surface area contributed by atoms with Gasteiger partial charge in [-0.15, -0.1) is 0 Å². The van der Waals surface area contributed by atoms with Crippen LogP contribution in [0.2, 0.25) is 0 Å². The van der Waals surface area contributed by atoms with Crippen LogP contribution < -0.4 is 15.4 Å². The molecule has 26 heavy (non-hydrogen) atoms. The van der Waals surface area contributed by atoms with Crippen molar-refractivity contribution in [2.75, 3.05) is 17.7 Å². The minimum atomic E-state index is -0.732. The van der Waals surface area contributed by atoms with E-state index in [4.69, 9.17) is 4.74 Å². The molecule has 0 spiro atoms. The largest absolute Gasteiger partial charge is 0.495 e. The molecule has 1 heterocycles. The number of nitrogens with zero attached hydrogens (tertiary/aromatic N) is 1. The number of hydrogen-bond acceptors (Lipinski definition) is 4. The Morgan fingerprint density at radius 2 is 1.73 bits per heavy atom. The highest BCUT2D eigenvalue weighted by molar-refractivity contribution is 6.04. The van der Waals surface area contributed by atoms with Gasteiger partial charge in [0.15, 0.2) is 0 Å². The Bertz CT molecular complexity index is 910. The summed E-state index contributed by atoms with van der Waals surface area (Å²) in [4.78, 5) is 16.3. The van der Waals surface area contributed by atoms with Gasteiger partial charge in [-0.25, -0.2) is 13.8 Å². The highest BCUT2D eigenvalue weighted by atomic mass is 19.1. The van der Waals surface area contributed by atoms with E-state index in [0.29, 0.717) is 11.4 Å². The van der Waals surface area contributed by atoms with Crippen molar-refractivity contribution in [1.29, 1.82) is 0 Å². The molecule has 1 amide bonds. The molecular formula is C19H15F2N3O2. The van der Waals surface area contributed by atoms with Crippen LogP contribution in [0.1, 0.15) is 10.4 Å². The molecule has 0 bridgehead atoms. The number of rotatable bonds is 5. The molecule has 5 nitrogen and oxygen atoms in total. The summed E-state index contributed by atoms with van der Waals surface area (Å²) in [5.74, 6) is -1.11. The van der Waals surface area contributed by atoms with Crippen LogP contribution in [0.3, 0.4) is 0 Å². The van der Waals surface area contributed by atoms with Gasteiger partial charge in [0.25, 0.3) is 5.91 Å². The highest BCUT2D eigenvalue weighted by Gasteiger charge is 2.12. The van der Waals surface area contributed by atoms with Gasteiger partial charge in [-0.05, 0) is 36.4 Å². The monoisotopic (exact) mass is 355 g/mol. The zero-order valence-electron chi connectivity index (χ0n) is 13.8. The number of carbonyl (C=O) groups excluding carboxylic acids is 1. The second-order valence-corrected chi connectivity index (χ2v) is 5.31. The first-order valence-corrected chi connectivity index (χ1v) is 7.70. The molecule has 1 aromatic heterocycles. The molecule has 3 rings (SSSR count). The third kappa shape index (κ3) is 3.77. The van der Waals surface area contributed by atoms with Crippen molar-refractivity contribution < 1.29 is 18.3 Å². The Hall–Kier alpha value is -3.48. The van der Waals surface area contributed by atoms with Crippen molar-refractivity contribution in [3.63, 3.8) is 0 Å². The fraction of sp³-hybridized carbons (Fsp3) is 0.0526. The molecule has 0 aliphatic carbocycles. The molecule has 132 valence electrons. The predicted octanol–water partition coefficient (Wildman–Crippen LogP) is 4.36. The van der Waals surface area contributed by atoms with Crippen LogP contribution >= 0.6 is 0 Å². The van der Waals surface area contributed by atoms with Gasteiger partial charge in [-0.2, -0.15) is 0 Å². The Labute approximate surface area is 148 Å².